The standard InChI is InChI=1S/C24H24O4/c1-3-17-5-9-19(10-6-17)15-27-23(25)21-13-14-22(21)24(26)28-16-20-11-7-18(4-2)8-12-20/h3-12,21-22H,1-2,13-16H2/t21-,22-/m1/s1. The first-order chi connectivity index (χ1) is 13.6. The second-order valence-corrected chi connectivity index (χ2v) is 6.90. The number of esters is 2. The van der Waals surface area contributed by atoms with Crippen LogP contribution < -0.4 is 0 Å². The minimum Gasteiger partial charge on any atom is -0.461 e. The predicted molar refractivity (Wildman–Crippen MR) is 109 cm³/mol. The molecule has 144 valence electrons. The summed E-state index contributed by atoms with van der Waals surface area (Å²) in [6, 6.07) is 15.3. The highest BCUT2D eigenvalue weighted by molar-refractivity contribution is 5.83. The maximum absolute atomic E-state index is 12.3. The molecule has 1 fully saturated rings. The Hall–Kier alpha value is -3.14. The smallest absolute Gasteiger partial charge is 0.310 e. The fourth-order valence-electron chi connectivity index (χ4n) is 3.09. The van der Waals surface area contributed by atoms with Crippen LogP contribution >= 0.6 is 0 Å². The third kappa shape index (κ3) is 4.77. The van der Waals surface area contributed by atoms with Crippen LogP contribution in [-0.2, 0) is 32.3 Å². The highest BCUT2D eigenvalue weighted by Gasteiger charge is 2.43. The van der Waals surface area contributed by atoms with Crippen molar-refractivity contribution in [3.05, 3.63) is 83.9 Å². The minimum absolute atomic E-state index is 0.199. The van der Waals surface area contributed by atoms with Gasteiger partial charge >= 0.3 is 11.9 Å². The Morgan fingerprint density at radius 3 is 1.39 bits per heavy atom. The molecule has 0 heterocycles. The summed E-state index contributed by atoms with van der Waals surface area (Å²) < 4.78 is 10.8. The van der Waals surface area contributed by atoms with Crippen molar-refractivity contribution in [2.24, 2.45) is 11.8 Å². The Labute approximate surface area is 165 Å². The number of carbonyl (C=O) groups is 2. The van der Waals surface area contributed by atoms with Crippen LogP contribution in [0.15, 0.2) is 61.7 Å². The lowest BCUT2D eigenvalue weighted by atomic mass is 9.73. The zero-order chi connectivity index (χ0) is 19.9. The zero-order valence-corrected chi connectivity index (χ0v) is 15.8. The third-order valence-electron chi connectivity index (χ3n) is 5.07. The Balaban J connectivity index is 1.46. The minimum atomic E-state index is -0.414. The van der Waals surface area contributed by atoms with Crippen molar-refractivity contribution in [1.29, 1.82) is 0 Å². The Bertz CT molecular complexity index is 776. The molecule has 2 aromatic carbocycles. The van der Waals surface area contributed by atoms with E-state index >= 15 is 0 Å². The fraction of sp³-hybridized carbons (Fsp3) is 0.250. The average molecular weight is 376 g/mol. The van der Waals surface area contributed by atoms with E-state index in [1.807, 2.05) is 48.5 Å². The lowest BCUT2D eigenvalue weighted by molar-refractivity contribution is -0.169. The highest BCUT2D eigenvalue weighted by atomic mass is 16.5. The lowest BCUT2D eigenvalue weighted by Gasteiger charge is -2.32. The number of ether oxygens (including phenoxy) is 2. The molecule has 0 bridgehead atoms. The Morgan fingerprint density at radius 1 is 0.750 bits per heavy atom. The van der Waals surface area contributed by atoms with Gasteiger partial charge in [-0.2, -0.15) is 0 Å². The van der Waals surface area contributed by atoms with Gasteiger partial charge in [-0.3, -0.25) is 9.59 Å². The van der Waals surface area contributed by atoms with E-state index in [4.69, 9.17) is 9.47 Å². The van der Waals surface area contributed by atoms with E-state index < -0.39 is 11.8 Å². The van der Waals surface area contributed by atoms with Gasteiger partial charge in [0, 0.05) is 0 Å². The van der Waals surface area contributed by atoms with Crippen LogP contribution in [0, 0.1) is 11.8 Å². The molecule has 0 unspecified atom stereocenters. The van der Waals surface area contributed by atoms with Gasteiger partial charge in [-0.15, -0.1) is 0 Å². The molecular formula is C24H24O4. The SMILES string of the molecule is C=Cc1ccc(COC(=O)[C@@H]2CC[C@H]2C(=O)OCc2ccc(C=C)cc2)cc1. The number of hydrogen-bond acceptors (Lipinski definition) is 4. The molecule has 0 saturated heterocycles. The van der Waals surface area contributed by atoms with E-state index in [1.165, 1.54) is 0 Å². The van der Waals surface area contributed by atoms with E-state index in [-0.39, 0.29) is 25.2 Å². The van der Waals surface area contributed by atoms with Gasteiger partial charge in [-0.25, -0.2) is 0 Å². The van der Waals surface area contributed by atoms with Gasteiger partial charge in [-0.05, 0) is 35.1 Å². The molecule has 4 nitrogen and oxygen atoms in total. The summed E-state index contributed by atoms with van der Waals surface area (Å²) in [4.78, 5) is 24.7. The number of carbonyl (C=O) groups excluding carboxylic acids is 2. The normalized spacial score (nSPS) is 17.9. The van der Waals surface area contributed by atoms with Crippen molar-refractivity contribution >= 4 is 24.1 Å². The van der Waals surface area contributed by atoms with Crippen molar-refractivity contribution in [2.45, 2.75) is 26.1 Å². The second kappa shape index (κ2) is 9.18. The van der Waals surface area contributed by atoms with Gasteiger partial charge in [0.1, 0.15) is 13.2 Å². The van der Waals surface area contributed by atoms with Crippen molar-refractivity contribution in [1.82, 2.24) is 0 Å². The summed E-state index contributed by atoms with van der Waals surface area (Å²) in [5, 5.41) is 0. The number of hydrogen-bond donors (Lipinski definition) is 0. The topological polar surface area (TPSA) is 52.6 Å². The van der Waals surface area contributed by atoms with Gasteiger partial charge in [0.15, 0.2) is 0 Å². The van der Waals surface area contributed by atoms with Gasteiger partial charge < -0.3 is 9.47 Å². The summed E-state index contributed by atoms with van der Waals surface area (Å²) in [6.07, 6.45) is 4.83. The monoisotopic (exact) mass is 376 g/mol. The maximum Gasteiger partial charge on any atom is 0.310 e. The molecule has 1 aliphatic rings. The highest BCUT2D eigenvalue weighted by Crippen LogP contribution is 2.36. The molecule has 2 atom stereocenters. The van der Waals surface area contributed by atoms with Crippen molar-refractivity contribution in [2.75, 3.05) is 0 Å². The largest absolute Gasteiger partial charge is 0.461 e. The molecule has 2 aromatic rings. The predicted octanol–water partition coefficient (Wildman–Crippen LogP) is 4.79. The average Bonchev–Trinajstić information content (AvgIpc) is 2.70. The molecule has 1 aliphatic carbocycles. The third-order valence-corrected chi connectivity index (χ3v) is 5.07. The molecule has 1 saturated carbocycles. The van der Waals surface area contributed by atoms with Crippen LogP contribution in [0.4, 0.5) is 0 Å². The molecule has 4 heteroatoms. The summed E-state index contributed by atoms with van der Waals surface area (Å²) in [5.74, 6) is -1.50. The zero-order valence-electron chi connectivity index (χ0n) is 15.8. The van der Waals surface area contributed by atoms with Crippen LogP contribution in [0.3, 0.4) is 0 Å². The van der Waals surface area contributed by atoms with Gasteiger partial charge in [-0.1, -0.05) is 73.8 Å². The van der Waals surface area contributed by atoms with E-state index in [2.05, 4.69) is 13.2 Å². The number of rotatable bonds is 8. The molecule has 0 radical (unpaired) electrons. The van der Waals surface area contributed by atoms with E-state index in [0.717, 1.165) is 22.3 Å². The van der Waals surface area contributed by atoms with Crippen LogP contribution in [-0.4, -0.2) is 11.9 Å². The molecule has 0 spiro atoms. The van der Waals surface area contributed by atoms with Crippen LogP contribution in [0.1, 0.15) is 35.1 Å². The first-order valence-electron chi connectivity index (χ1n) is 9.36. The molecule has 0 aliphatic heterocycles. The molecule has 0 amide bonds. The molecule has 28 heavy (non-hydrogen) atoms. The van der Waals surface area contributed by atoms with E-state index in [1.54, 1.807) is 12.2 Å². The first-order valence-corrected chi connectivity index (χ1v) is 9.36. The Morgan fingerprint density at radius 2 is 1.11 bits per heavy atom. The Kier molecular flexibility index (Phi) is 6.43. The van der Waals surface area contributed by atoms with Crippen molar-refractivity contribution in [3.8, 4) is 0 Å². The molecule has 0 aromatic heterocycles. The molecule has 0 N–H and O–H groups in total. The van der Waals surface area contributed by atoms with Crippen molar-refractivity contribution in [3.63, 3.8) is 0 Å². The molecule has 3 rings (SSSR count). The maximum atomic E-state index is 12.3. The summed E-state index contributed by atoms with van der Waals surface area (Å²) in [5.41, 5.74) is 3.83. The summed E-state index contributed by atoms with van der Waals surface area (Å²) in [7, 11) is 0. The van der Waals surface area contributed by atoms with Crippen LogP contribution in [0.5, 0.6) is 0 Å². The van der Waals surface area contributed by atoms with Crippen molar-refractivity contribution < 1.29 is 19.1 Å². The summed E-state index contributed by atoms with van der Waals surface area (Å²) in [6.45, 7) is 7.82. The van der Waals surface area contributed by atoms with Crippen LogP contribution in [0.2, 0.25) is 0 Å². The second-order valence-electron chi connectivity index (χ2n) is 6.90. The van der Waals surface area contributed by atoms with E-state index in [0.29, 0.717) is 12.8 Å². The lowest BCUT2D eigenvalue weighted by Crippen LogP contribution is -2.40. The fourth-order valence-corrected chi connectivity index (χ4v) is 3.09. The van der Waals surface area contributed by atoms with Crippen LogP contribution in [0.25, 0.3) is 12.2 Å². The quantitative estimate of drug-likeness (QED) is 0.622. The first kappa shape index (κ1) is 19.6. The number of benzene rings is 2. The van der Waals surface area contributed by atoms with Gasteiger partial charge in [0.25, 0.3) is 0 Å². The van der Waals surface area contributed by atoms with Gasteiger partial charge in [0.2, 0.25) is 0 Å². The van der Waals surface area contributed by atoms with Gasteiger partial charge in [0.05, 0.1) is 11.8 Å². The molecular weight excluding hydrogens is 352 g/mol. The van der Waals surface area contributed by atoms with E-state index in [9.17, 15) is 9.59 Å². The summed E-state index contributed by atoms with van der Waals surface area (Å²) >= 11 is 0.